The molecule has 0 radical (unpaired) electrons. The van der Waals surface area contributed by atoms with Crippen LogP contribution in [-0.4, -0.2) is 31.2 Å². The first-order valence-corrected chi connectivity index (χ1v) is 8.48. The lowest BCUT2D eigenvalue weighted by atomic mass is 10.1. The van der Waals surface area contributed by atoms with Crippen LogP contribution in [0.2, 0.25) is 0 Å². The summed E-state index contributed by atoms with van der Waals surface area (Å²) >= 11 is 0. The maximum atomic E-state index is 12.0. The van der Waals surface area contributed by atoms with Crippen molar-refractivity contribution >= 4 is 17.4 Å². The number of hydrogen-bond donors (Lipinski definition) is 2. The third-order valence-electron chi connectivity index (χ3n) is 3.91. The Balaban J connectivity index is 1.79. The molecular formula is C19H23N3O5. The molecule has 0 aromatic heterocycles. The van der Waals surface area contributed by atoms with Crippen LogP contribution in [0.4, 0.5) is 16.2 Å². The van der Waals surface area contributed by atoms with Gasteiger partial charge >= 0.3 is 6.03 Å². The Morgan fingerprint density at radius 2 is 1.89 bits per heavy atom. The number of methoxy groups -OCH3 is 1. The van der Waals surface area contributed by atoms with Gasteiger partial charge in [-0.2, -0.15) is 0 Å². The molecule has 0 spiro atoms. The smallest absolute Gasteiger partial charge is 0.319 e. The van der Waals surface area contributed by atoms with E-state index in [1.807, 2.05) is 32.0 Å². The molecule has 0 aliphatic carbocycles. The van der Waals surface area contributed by atoms with E-state index >= 15 is 0 Å². The van der Waals surface area contributed by atoms with Crippen molar-refractivity contribution in [2.45, 2.75) is 20.3 Å². The summed E-state index contributed by atoms with van der Waals surface area (Å²) in [6.45, 7) is 4.89. The van der Waals surface area contributed by atoms with Crippen molar-refractivity contribution in [3.05, 3.63) is 57.6 Å². The SMILES string of the molecule is COc1cc([N+](=O)[O-])ccc1NC(=O)NCCCOc1c(C)cccc1C. The normalized spacial score (nSPS) is 10.2. The lowest BCUT2D eigenvalue weighted by Crippen LogP contribution is -2.30. The zero-order valence-corrected chi connectivity index (χ0v) is 15.6. The number of nitrogens with zero attached hydrogens (tertiary/aromatic N) is 1. The van der Waals surface area contributed by atoms with Gasteiger partial charge in [-0.05, 0) is 37.5 Å². The number of rotatable bonds is 8. The van der Waals surface area contributed by atoms with Crippen LogP contribution in [0.5, 0.6) is 11.5 Å². The first-order chi connectivity index (χ1) is 12.9. The van der Waals surface area contributed by atoms with E-state index in [9.17, 15) is 14.9 Å². The maximum Gasteiger partial charge on any atom is 0.319 e. The summed E-state index contributed by atoms with van der Waals surface area (Å²) in [7, 11) is 1.38. The Kier molecular flexibility index (Phi) is 6.99. The predicted molar refractivity (Wildman–Crippen MR) is 103 cm³/mol. The second-order valence-corrected chi connectivity index (χ2v) is 5.95. The highest BCUT2D eigenvalue weighted by molar-refractivity contribution is 5.91. The number of carbonyl (C=O) groups is 1. The molecule has 0 fully saturated rings. The molecule has 0 saturated carbocycles. The summed E-state index contributed by atoms with van der Waals surface area (Å²) in [6.07, 6.45) is 0.637. The van der Waals surface area contributed by atoms with E-state index in [-0.39, 0.29) is 11.4 Å². The number of aryl methyl sites for hydroxylation is 2. The van der Waals surface area contributed by atoms with E-state index in [4.69, 9.17) is 9.47 Å². The Labute approximate surface area is 157 Å². The van der Waals surface area contributed by atoms with Crippen LogP contribution < -0.4 is 20.1 Å². The number of nitrogens with one attached hydrogen (secondary N) is 2. The van der Waals surface area contributed by atoms with E-state index < -0.39 is 11.0 Å². The molecule has 144 valence electrons. The molecule has 0 heterocycles. The highest BCUT2D eigenvalue weighted by Crippen LogP contribution is 2.28. The monoisotopic (exact) mass is 373 g/mol. The zero-order valence-electron chi connectivity index (χ0n) is 15.6. The van der Waals surface area contributed by atoms with E-state index in [1.54, 1.807) is 0 Å². The van der Waals surface area contributed by atoms with Gasteiger partial charge in [-0.25, -0.2) is 4.79 Å². The summed E-state index contributed by atoms with van der Waals surface area (Å²) in [4.78, 5) is 22.3. The Bertz CT molecular complexity index is 803. The molecule has 2 aromatic carbocycles. The third kappa shape index (κ3) is 5.60. The molecule has 0 saturated heterocycles. The molecule has 27 heavy (non-hydrogen) atoms. The van der Waals surface area contributed by atoms with Gasteiger partial charge < -0.3 is 20.1 Å². The molecule has 0 aliphatic rings. The second-order valence-electron chi connectivity index (χ2n) is 5.95. The first kappa shape index (κ1) is 20.0. The zero-order chi connectivity index (χ0) is 19.8. The topological polar surface area (TPSA) is 103 Å². The van der Waals surface area contributed by atoms with Crippen molar-refractivity contribution < 1.29 is 19.2 Å². The van der Waals surface area contributed by atoms with Gasteiger partial charge in [0.15, 0.2) is 0 Å². The number of amides is 2. The number of para-hydroxylation sites is 1. The predicted octanol–water partition coefficient (Wildman–Crippen LogP) is 3.81. The van der Waals surface area contributed by atoms with Crippen LogP contribution >= 0.6 is 0 Å². The molecule has 0 aliphatic heterocycles. The lowest BCUT2D eigenvalue weighted by molar-refractivity contribution is -0.384. The van der Waals surface area contributed by atoms with Gasteiger partial charge in [0.2, 0.25) is 0 Å². The van der Waals surface area contributed by atoms with Crippen molar-refractivity contribution in [2.75, 3.05) is 25.6 Å². The molecule has 0 unspecified atom stereocenters. The number of urea groups is 1. The van der Waals surface area contributed by atoms with E-state index in [0.717, 1.165) is 16.9 Å². The number of carbonyl (C=O) groups excluding carboxylic acids is 1. The summed E-state index contributed by atoms with van der Waals surface area (Å²) in [5.74, 6) is 1.09. The van der Waals surface area contributed by atoms with Crippen LogP contribution in [0.15, 0.2) is 36.4 Å². The average Bonchev–Trinajstić information content (AvgIpc) is 2.63. The molecule has 8 nitrogen and oxygen atoms in total. The number of nitro benzene ring substituents is 1. The van der Waals surface area contributed by atoms with Gasteiger partial charge in [-0.15, -0.1) is 0 Å². The number of hydrogen-bond acceptors (Lipinski definition) is 5. The standard InChI is InChI=1S/C19H23N3O5/c1-13-6-4-7-14(2)18(13)27-11-5-10-20-19(23)21-16-9-8-15(22(24)25)12-17(16)26-3/h4,6-9,12H,5,10-11H2,1-3H3,(H2,20,21,23). The van der Waals surface area contributed by atoms with E-state index in [0.29, 0.717) is 25.3 Å². The van der Waals surface area contributed by atoms with Gasteiger partial charge in [-0.3, -0.25) is 10.1 Å². The van der Waals surface area contributed by atoms with E-state index in [2.05, 4.69) is 10.6 Å². The quantitative estimate of drug-likeness (QED) is 0.416. The van der Waals surface area contributed by atoms with Crippen molar-refractivity contribution in [2.24, 2.45) is 0 Å². The fourth-order valence-corrected chi connectivity index (χ4v) is 2.54. The Morgan fingerprint density at radius 1 is 1.19 bits per heavy atom. The highest BCUT2D eigenvalue weighted by Gasteiger charge is 2.13. The number of nitro groups is 1. The summed E-state index contributed by atoms with van der Waals surface area (Å²) in [5.41, 5.74) is 2.39. The van der Waals surface area contributed by atoms with Gasteiger partial charge in [-0.1, -0.05) is 18.2 Å². The number of non-ortho nitro benzene ring substituents is 1. The number of ether oxygens (including phenoxy) is 2. The van der Waals surface area contributed by atoms with Crippen LogP contribution in [0, 0.1) is 24.0 Å². The molecule has 8 heteroatoms. The molecule has 2 aromatic rings. The van der Waals surface area contributed by atoms with Crippen LogP contribution in [0.25, 0.3) is 0 Å². The minimum atomic E-state index is -0.525. The highest BCUT2D eigenvalue weighted by atomic mass is 16.6. The first-order valence-electron chi connectivity index (χ1n) is 8.48. The fourth-order valence-electron chi connectivity index (χ4n) is 2.54. The molecule has 2 amide bonds. The Morgan fingerprint density at radius 3 is 2.52 bits per heavy atom. The summed E-state index contributed by atoms with van der Waals surface area (Å²) in [6, 6.07) is 9.53. The van der Waals surface area contributed by atoms with Crippen molar-refractivity contribution in [3.63, 3.8) is 0 Å². The summed E-state index contributed by atoms with van der Waals surface area (Å²) in [5, 5.41) is 16.1. The van der Waals surface area contributed by atoms with Crippen LogP contribution in [-0.2, 0) is 0 Å². The van der Waals surface area contributed by atoms with Crippen molar-refractivity contribution in [1.29, 1.82) is 0 Å². The lowest BCUT2D eigenvalue weighted by Gasteiger charge is -2.13. The van der Waals surface area contributed by atoms with Gasteiger partial charge in [0.1, 0.15) is 11.5 Å². The van der Waals surface area contributed by atoms with Gasteiger partial charge in [0.05, 0.1) is 30.4 Å². The molecule has 0 bridgehead atoms. The van der Waals surface area contributed by atoms with Crippen LogP contribution in [0.1, 0.15) is 17.5 Å². The minimum absolute atomic E-state index is 0.110. The van der Waals surface area contributed by atoms with Crippen molar-refractivity contribution in [3.8, 4) is 11.5 Å². The van der Waals surface area contributed by atoms with E-state index in [1.165, 1.54) is 25.3 Å². The van der Waals surface area contributed by atoms with Crippen molar-refractivity contribution in [1.82, 2.24) is 5.32 Å². The number of benzene rings is 2. The number of anilines is 1. The summed E-state index contributed by atoms with van der Waals surface area (Å²) < 4.78 is 10.9. The largest absolute Gasteiger partial charge is 0.494 e. The average molecular weight is 373 g/mol. The van der Waals surface area contributed by atoms with Crippen LogP contribution in [0.3, 0.4) is 0 Å². The molecule has 2 rings (SSSR count). The second kappa shape index (κ2) is 9.42. The molecule has 0 atom stereocenters. The fraction of sp³-hybridized carbons (Fsp3) is 0.316. The minimum Gasteiger partial charge on any atom is -0.494 e. The molecule has 2 N–H and O–H groups in total. The third-order valence-corrected chi connectivity index (χ3v) is 3.91. The molecular weight excluding hydrogens is 350 g/mol. The maximum absolute atomic E-state index is 12.0. The van der Waals surface area contributed by atoms with Gasteiger partial charge in [0, 0.05) is 12.6 Å². The van der Waals surface area contributed by atoms with Gasteiger partial charge in [0.25, 0.3) is 5.69 Å². The Hall–Kier alpha value is -3.29.